The predicted octanol–water partition coefficient (Wildman–Crippen LogP) is 3.78. The predicted molar refractivity (Wildman–Crippen MR) is 123 cm³/mol. The molecule has 1 fully saturated rings. The topological polar surface area (TPSA) is 64.0 Å². The fourth-order valence-electron chi connectivity index (χ4n) is 4.93. The van der Waals surface area contributed by atoms with Crippen LogP contribution >= 0.6 is 0 Å². The van der Waals surface area contributed by atoms with Crippen molar-refractivity contribution in [1.82, 2.24) is 4.90 Å². The fraction of sp³-hybridized carbons (Fsp3) is 0.500. The van der Waals surface area contributed by atoms with E-state index in [-0.39, 0.29) is 17.6 Å². The van der Waals surface area contributed by atoms with Gasteiger partial charge in [-0.2, -0.15) is 0 Å². The number of aryl methyl sites for hydroxylation is 1. The van der Waals surface area contributed by atoms with E-state index in [0.29, 0.717) is 38.0 Å². The maximum Gasteiger partial charge on any atom is 0.229 e. The summed E-state index contributed by atoms with van der Waals surface area (Å²) in [6.45, 7) is 6.21. The van der Waals surface area contributed by atoms with Crippen LogP contribution in [0.1, 0.15) is 55.9 Å². The normalized spacial score (nSPS) is 19.6. The van der Waals surface area contributed by atoms with Gasteiger partial charge in [-0.25, -0.2) is 4.39 Å². The first-order valence-corrected chi connectivity index (χ1v) is 11.6. The Morgan fingerprint density at radius 1 is 1.12 bits per heavy atom. The number of aliphatic hydroxyl groups excluding tert-OH is 1. The van der Waals surface area contributed by atoms with Crippen LogP contribution < -0.4 is 4.90 Å². The summed E-state index contributed by atoms with van der Waals surface area (Å²) in [5, 5.41) is 21.9. The van der Waals surface area contributed by atoms with Crippen molar-refractivity contribution < 1.29 is 19.4 Å². The van der Waals surface area contributed by atoms with Crippen molar-refractivity contribution in [3.63, 3.8) is 0 Å². The smallest absolute Gasteiger partial charge is 0.229 e. The molecule has 0 saturated carbocycles. The van der Waals surface area contributed by atoms with E-state index >= 15 is 0 Å². The van der Waals surface area contributed by atoms with Crippen LogP contribution in [0.4, 0.5) is 10.1 Å². The first-order chi connectivity index (χ1) is 15.3. The van der Waals surface area contributed by atoms with Crippen molar-refractivity contribution in [2.24, 2.45) is 5.92 Å². The molecule has 0 radical (unpaired) electrons. The lowest BCUT2D eigenvalue weighted by Gasteiger charge is -2.39. The second-order valence-electron chi connectivity index (χ2n) is 9.46. The first-order valence-electron chi connectivity index (χ1n) is 11.6. The van der Waals surface area contributed by atoms with E-state index in [2.05, 4.69) is 4.90 Å². The Balaban J connectivity index is 1.40. The van der Waals surface area contributed by atoms with Gasteiger partial charge < -0.3 is 20.0 Å². The zero-order valence-corrected chi connectivity index (χ0v) is 18.9. The van der Waals surface area contributed by atoms with Crippen molar-refractivity contribution in [3.05, 3.63) is 65.0 Å². The zero-order chi connectivity index (χ0) is 22.9. The van der Waals surface area contributed by atoms with Gasteiger partial charge in [0.05, 0.1) is 11.7 Å². The standard InChI is InChI=1S/C26H33FN2O3/c1-18(2)25(31)29-13-5-6-19-16-20(9-10-23(19)29)24(30)17-28-14-11-26(32,12-15-28)21-7-3-4-8-22(21)27/h3-4,7-10,16,18,24,30,32H,5-6,11-15,17H2,1-2H3/t24-/m1/s1. The summed E-state index contributed by atoms with van der Waals surface area (Å²) in [6.07, 6.45) is 2.02. The van der Waals surface area contributed by atoms with Crippen molar-refractivity contribution >= 4 is 11.6 Å². The number of amides is 1. The lowest BCUT2D eigenvalue weighted by molar-refractivity contribution is -0.121. The molecule has 5 nitrogen and oxygen atoms in total. The summed E-state index contributed by atoms with van der Waals surface area (Å²) in [6, 6.07) is 12.3. The molecule has 6 heteroatoms. The number of rotatable bonds is 5. The molecule has 1 atom stereocenters. The molecule has 4 rings (SSSR count). The molecular weight excluding hydrogens is 407 g/mol. The average molecular weight is 441 g/mol. The van der Waals surface area contributed by atoms with Crippen molar-refractivity contribution in [1.29, 1.82) is 0 Å². The number of carbonyl (C=O) groups is 1. The Labute approximate surface area is 189 Å². The van der Waals surface area contributed by atoms with E-state index in [9.17, 15) is 19.4 Å². The molecule has 2 aromatic carbocycles. The number of nitrogens with zero attached hydrogens (tertiary/aromatic N) is 2. The molecule has 0 unspecified atom stereocenters. The molecule has 0 aromatic heterocycles. The molecule has 1 saturated heterocycles. The highest BCUT2D eigenvalue weighted by atomic mass is 19.1. The number of aliphatic hydroxyl groups is 2. The van der Waals surface area contributed by atoms with Gasteiger partial charge >= 0.3 is 0 Å². The minimum absolute atomic E-state index is 0.0478. The minimum Gasteiger partial charge on any atom is -0.387 e. The lowest BCUT2D eigenvalue weighted by Crippen LogP contribution is -2.44. The number of anilines is 1. The number of piperidine rings is 1. The number of β-amino-alcohol motifs (C(OH)–C–C–N with tert-alkyl or cyclic N) is 1. The monoisotopic (exact) mass is 440 g/mol. The molecule has 0 bridgehead atoms. The van der Waals surface area contributed by atoms with Crippen LogP contribution in [0.5, 0.6) is 0 Å². The van der Waals surface area contributed by atoms with Crippen molar-refractivity contribution in [2.75, 3.05) is 31.1 Å². The molecule has 2 N–H and O–H groups in total. The van der Waals surface area contributed by atoms with E-state index in [1.807, 2.05) is 36.9 Å². The lowest BCUT2D eigenvalue weighted by atomic mass is 9.84. The van der Waals surface area contributed by atoms with Crippen LogP contribution in [0, 0.1) is 11.7 Å². The molecule has 2 aliphatic rings. The number of carbonyl (C=O) groups excluding carboxylic acids is 1. The van der Waals surface area contributed by atoms with Crippen LogP contribution in [-0.4, -0.2) is 47.2 Å². The second kappa shape index (κ2) is 9.30. The summed E-state index contributed by atoms with van der Waals surface area (Å²) in [5.41, 5.74) is 2.10. The summed E-state index contributed by atoms with van der Waals surface area (Å²) >= 11 is 0. The number of hydrogen-bond donors (Lipinski definition) is 2. The Morgan fingerprint density at radius 3 is 2.53 bits per heavy atom. The van der Waals surface area contributed by atoms with Gasteiger partial charge in [0.25, 0.3) is 0 Å². The van der Waals surface area contributed by atoms with E-state index in [1.54, 1.807) is 18.2 Å². The third-order valence-corrected chi connectivity index (χ3v) is 6.86. The third kappa shape index (κ3) is 4.58. The van der Waals surface area contributed by atoms with Gasteiger partial charge in [0.15, 0.2) is 0 Å². The molecule has 172 valence electrons. The summed E-state index contributed by atoms with van der Waals surface area (Å²) in [4.78, 5) is 16.5. The van der Waals surface area contributed by atoms with Gasteiger partial charge in [0, 0.05) is 43.3 Å². The van der Waals surface area contributed by atoms with E-state index < -0.39 is 11.7 Å². The largest absolute Gasteiger partial charge is 0.387 e. The molecule has 2 heterocycles. The van der Waals surface area contributed by atoms with Crippen LogP contribution in [0.2, 0.25) is 0 Å². The van der Waals surface area contributed by atoms with Gasteiger partial charge in [-0.05, 0) is 48.9 Å². The second-order valence-corrected chi connectivity index (χ2v) is 9.46. The molecule has 2 aliphatic heterocycles. The van der Waals surface area contributed by atoms with Crippen LogP contribution in [0.25, 0.3) is 0 Å². The molecule has 1 amide bonds. The maximum atomic E-state index is 14.2. The molecule has 2 aromatic rings. The average Bonchev–Trinajstić information content (AvgIpc) is 2.79. The van der Waals surface area contributed by atoms with Gasteiger partial charge in [-0.15, -0.1) is 0 Å². The summed E-state index contributed by atoms with van der Waals surface area (Å²) < 4.78 is 14.2. The number of halogens is 1. The Hall–Kier alpha value is -2.28. The Bertz CT molecular complexity index is 969. The van der Waals surface area contributed by atoms with Crippen LogP contribution in [0.15, 0.2) is 42.5 Å². The summed E-state index contributed by atoms with van der Waals surface area (Å²) in [5.74, 6) is -0.286. The number of likely N-dealkylation sites (tertiary alicyclic amines) is 1. The van der Waals surface area contributed by atoms with Gasteiger partial charge in [0.1, 0.15) is 5.82 Å². The van der Waals surface area contributed by atoms with Crippen molar-refractivity contribution in [3.8, 4) is 0 Å². The van der Waals surface area contributed by atoms with Gasteiger partial charge in [-0.1, -0.05) is 44.2 Å². The highest BCUT2D eigenvalue weighted by Crippen LogP contribution is 2.35. The highest BCUT2D eigenvalue weighted by Gasteiger charge is 2.36. The minimum atomic E-state index is -1.16. The van der Waals surface area contributed by atoms with Crippen LogP contribution in [0.3, 0.4) is 0 Å². The first kappa shape index (κ1) is 22.9. The summed E-state index contributed by atoms with van der Waals surface area (Å²) in [7, 11) is 0. The Kier molecular flexibility index (Phi) is 6.65. The Morgan fingerprint density at radius 2 is 1.84 bits per heavy atom. The molecular formula is C26H33FN2O3. The third-order valence-electron chi connectivity index (χ3n) is 6.86. The number of hydrogen-bond acceptors (Lipinski definition) is 4. The molecule has 32 heavy (non-hydrogen) atoms. The number of benzene rings is 2. The van der Waals surface area contributed by atoms with E-state index in [0.717, 1.165) is 36.2 Å². The quantitative estimate of drug-likeness (QED) is 0.743. The molecule has 0 aliphatic carbocycles. The van der Waals surface area contributed by atoms with E-state index in [4.69, 9.17) is 0 Å². The van der Waals surface area contributed by atoms with Crippen LogP contribution in [-0.2, 0) is 16.8 Å². The number of fused-ring (bicyclic) bond motifs is 1. The highest BCUT2D eigenvalue weighted by molar-refractivity contribution is 5.95. The SMILES string of the molecule is CC(C)C(=O)N1CCCc2cc([C@H](O)CN3CCC(O)(c4ccccc4F)CC3)ccc21. The van der Waals surface area contributed by atoms with Gasteiger partial charge in [-0.3, -0.25) is 4.79 Å². The maximum absolute atomic E-state index is 14.2. The van der Waals surface area contributed by atoms with Gasteiger partial charge in [0.2, 0.25) is 5.91 Å². The zero-order valence-electron chi connectivity index (χ0n) is 18.9. The van der Waals surface area contributed by atoms with Crippen molar-refractivity contribution in [2.45, 2.75) is 51.2 Å². The van der Waals surface area contributed by atoms with E-state index in [1.165, 1.54) is 6.07 Å². The fourth-order valence-corrected chi connectivity index (χ4v) is 4.93. The molecule has 0 spiro atoms.